The number of nitrogens with zero attached hydrogens (tertiary/aromatic N) is 3. The van der Waals surface area contributed by atoms with Gasteiger partial charge in [-0.15, -0.1) is 0 Å². The van der Waals surface area contributed by atoms with Crippen LogP contribution in [-0.2, 0) is 20.9 Å². The number of methoxy groups -OCH3 is 1. The van der Waals surface area contributed by atoms with Crippen molar-refractivity contribution in [1.29, 1.82) is 0 Å². The van der Waals surface area contributed by atoms with Gasteiger partial charge in [0.15, 0.2) is 6.04 Å². The molecule has 1 fully saturated rings. The Kier molecular flexibility index (Phi) is 4.54. The van der Waals surface area contributed by atoms with Crippen molar-refractivity contribution in [3.8, 4) is 0 Å². The van der Waals surface area contributed by atoms with Gasteiger partial charge in [0.05, 0.1) is 30.6 Å². The van der Waals surface area contributed by atoms with Crippen LogP contribution in [0.15, 0.2) is 48.5 Å². The lowest BCUT2D eigenvalue weighted by molar-refractivity contribution is -0.141. The van der Waals surface area contributed by atoms with Crippen LogP contribution in [0, 0.1) is 0 Å². The van der Waals surface area contributed by atoms with Crippen molar-refractivity contribution in [1.82, 2.24) is 9.47 Å². The van der Waals surface area contributed by atoms with E-state index in [0.29, 0.717) is 30.0 Å². The van der Waals surface area contributed by atoms with Crippen LogP contribution in [0.5, 0.6) is 0 Å². The van der Waals surface area contributed by atoms with Crippen LogP contribution in [0.1, 0.15) is 41.0 Å². The van der Waals surface area contributed by atoms with Crippen molar-refractivity contribution < 1.29 is 19.1 Å². The van der Waals surface area contributed by atoms with Gasteiger partial charge >= 0.3 is 5.97 Å². The Morgan fingerprint density at radius 3 is 2.58 bits per heavy atom. The molecule has 7 heteroatoms. The lowest BCUT2D eigenvalue weighted by Crippen LogP contribution is -2.56. The number of carbonyl (C=O) groups excluding carboxylic acids is 3. The molecule has 3 heterocycles. The Balaban J connectivity index is 1.87. The number of hydrogen-bond acceptors (Lipinski definition) is 4. The minimum absolute atomic E-state index is 0.0330. The molecule has 0 N–H and O–H groups in total. The van der Waals surface area contributed by atoms with Crippen LogP contribution in [0.25, 0.3) is 10.9 Å². The fourth-order valence-corrected chi connectivity index (χ4v) is 4.86. The number of anilines is 1. The number of carbonyl (C=O) groups is 3. The van der Waals surface area contributed by atoms with Crippen molar-refractivity contribution in [3.05, 3.63) is 65.4 Å². The molecule has 0 spiro atoms. The Hall–Kier alpha value is -3.61. The number of fused-ring (bicyclic) bond motifs is 7. The third-order valence-corrected chi connectivity index (χ3v) is 6.13. The highest BCUT2D eigenvalue weighted by atomic mass is 16.5. The fraction of sp³-hybridized carbons (Fsp3) is 0.292. The molecule has 158 valence electrons. The first-order valence-corrected chi connectivity index (χ1v) is 10.4. The number of hydrogen-bond donors (Lipinski definition) is 0. The standard InChI is InChI=1S/C24H23N3O4/c1-3-12-25-14-19(28)27-17-10-6-4-8-15(17)13-26-18-11-7-5-9-16(18)20(24(30)31-2)21(26)22(27)23(25)29/h4-11,22H,3,12-14H2,1-2H3. The second kappa shape index (κ2) is 7.27. The van der Waals surface area contributed by atoms with Gasteiger partial charge in [0.25, 0.3) is 5.91 Å². The molecule has 2 aromatic carbocycles. The van der Waals surface area contributed by atoms with Crippen molar-refractivity contribution in [2.24, 2.45) is 0 Å². The summed E-state index contributed by atoms with van der Waals surface area (Å²) in [5.41, 5.74) is 3.34. The summed E-state index contributed by atoms with van der Waals surface area (Å²) in [6.07, 6.45) is 0.745. The molecule has 1 atom stereocenters. The van der Waals surface area contributed by atoms with E-state index in [1.807, 2.05) is 60.0 Å². The molecule has 0 saturated carbocycles. The highest BCUT2D eigenvalue weighted by Gasteiger charge is 2.47. The SMILES string of the molecule is CCCN1CC(=O)N2c3ccccc3Cn3c(c(C(=O)OC)c4ccccc43)C2C1=O. The molecular formula is C24H23N3O4. The summed E-state index contributed by atoms with van der Waals surface area (Å²) in [4.78, 5) is 43.2. The third-order valence-electron chi connectivity index (χ3n) is 6.13. The van der Waals surface area contributed by atoms with Gasteiger partial charge in [0.2, 0.25) is 5.91 Å². The number of para-hydroxylation sites is 2. The zero-order chi connectivity index (χ0) is 21.7. The molecule has 2 aliphatic rings. The molecule has 0 bridgehead atoms. The van der Waals surface area contributed by atoms with E-state index in [4.69, 9.17) is 4.74 Å². The number of esters is 1. The number of amides is 2. The number of ether oxygens (including phenoxy) is 1. The Morgan fingerprint density at radius 1 is 1.06 bits per heavy atom. The van der Waals surface area contributed by atoms with Crippen LogP contribution in [-0.4, -0.2) is 47.4 Å². The molecule has 7 nitrogen and oxygen atoms in total. The monoisotopic (exact) mass is 417 g/mol. The largest absolute Gasteiger partial charge is 0.465 e. The minimum atomic E-state index is -0.919. The van der Waals surface area contributed by atoms with E-state index in [1.54, 1.807) is 9.80 Å². The van der Waals surface area contributed by atoms with E-state index in [2.05, 4.69) is 0 Å². The first kappa shape index (κ1) is 19.4. The topological polar surface area (TPSA) is 71.8 Å². The normalized spacial score (nSPS) is 17.8. The predicted octanol–water partition coefficient (Wildman–Crippen LogP) is 3.12. The summed E-state index contributed by atoms with van der Waals surface area (Å²) in [6, 6.07) is 14.3. The first-order chi connectivity index (χ1) is 15.1. The van der Waals surface area contributed by atoms with E-state index in [1.165, 1.54) is 7.11 Å². The molecule has 1 aromatic heterocycles. The molecule has 0 aliphatic carbocycles. The van der Waals surface area contributed by atoms with Gasteiger partial charge in [-0.1, -0.05) is 43.3 Å². The molecule has 2 amide bonds. The maximum Gasteiger partial charge on any atom is 0.340 e. The maximum absolute atomic E-state index is 13.7. The lowest BCUT2D eigenvalue weighted by Gasteiger charge is -2.40. The van der Waals surface area contributed by atoms with Crippen LogP contribution >= 0.6 is 0 Å². The van der Waals surface area contributed by atoms with E-state index >= 15 is 0 Å². The lowest BCUT2D eigenvalue weighted by atomic mass is 10.00. The van der Waals surface area contributed by atoms with Gasteiger partial charge in [-0.2, -0.15) is 0 Å². The summed E-state index contributed by atoms with van der Waals surface area (Å²) < 4.78 is 7.11. The molecule has 31 heavy (non-hydrogen) atoms. The van der Waals surface area contributed by atoms with Crippen molar-refractivity contribution >= 4 is 34.4 Å². The molecule has 1 unspecified atom stereocenters. The van der Waals surface area contributed by atoms with Crippen LogP contribution in [0.2, 0.25) is 0 Å². The van der Waals surface area contributed by atoms with Gasteiger partial charge in [0, 0.05) is 17.4 Å². The van der Waals surface area contributed by atoms with E-state index in [0.717, 1.165) is 22.9 Å². The summed E-state index contributed by atoms with van der Waals surface area (Å²) in [5, 5.41) is 0.719. The highest BCUT2D eigenvalue weighted by molar-refractivity contribution is 6.12. The third kappa shape index (κ3) is 2.76. The molecule has 5 rings (SSSR count). The molecule has 0 radical (unpaired) electrons. The van der Waals surface area contributed by atoms with Crippen molar-refractivity contribution in [2.45, 2.75) is 25.9 Å². The average Bonchev–Trinajstić information content (AvgIpc) is 3.00. The minimum Gasteiger partial charge on any atom is -0.465 e. The van der Waals surface area contributed by atoms with Gasteiger partial charge in [-0.05, 0) is 24.1 Å². The number of rotatable bonds is 3. The van der Waals surface area contributed by atoms with Gasteiger partial charge in [0.1, 0.15) is 6.54 Å². The van der Waals surface area contributed by atoms with Crippen molar-refractivity contribution in [2.75, 3.05) is 25.1 Å². The van der Waals surface area contributed by atoms with E-state index < -0.39 is 12.0 Å². The fourth-order valence-electron chi connectivity index (χ4n) is 4.86. The van der Waals surface area contributed by atoms with Gasteiger partial charge in [-0.25, -0.2) is 4.79 Å². The zero-order valence-corrected chi connectivity index (χ0v) is 17.5. The summed E-state index contributed by atoms with van der Waals surface area (Å²) in [5.74, 6) is -0.837. The van der Waals surface area contributed by atoms with Crippen molar-refractivity contribution in [3.63, 3.8) is 0 Å². The number of benzene rings is 2. The maximum atomic E-state index is 13.7. The van der Waals surface area contributed by atoms with Gasteiger partial charge < -0.3 is 14.2 Å². The van der Waals surface area contributed by atoms with Crippen LogP contribution in [0.3, 0.4) is 0 Å². The van der Waals surface area contributed by atoms with Crippen LogP contribution < -0.4 is 4.90 Å². The van der Waals surface area contributed by atoms with E-state index in [9.17, 15) is 14.4 Å². The Bertz CT molecular complexity index is 1230. The zero-order valence-electron chi connectivity index (χ0n) is 17.5. The molecular weight excluding hydrogens is 394 g/mol. The number of piperazine rings is 1. The van der Waals surface area contributed by atoms with Crippen LogP contribution in [0.4, 0.5) is 5.69 Å². The summed E-state index contributed by atoms with van der Waals surface area (Å²) in [7, 11) is 1.33. The number of aromatic nitrogens is 1. The van der Waals surface area contributed by atoms with E-state index in [-0.39, 0.29) is 18.4 Å². The highest BCUT2D eigenvalue weighted by Crippen LogP contribution is 2.43. The molecule has 3 aromatic rings. The molecule has 1 saturated heterocycles. The Morgan fingerprint density at radius 2 is 1.81 bits per heavy atom. The summed E-state index contributed by atoms with van der Waals surface area (Å²) >= 11 is 0. The first-order valence-electron chi connectivity index (χ1n) is 10.4. The second-order valence-electron chi connectivity index (χ2n) is 7.91. The quantitative estimate of drug-likeness (QED) is 0.614. The van der Waals surface area contributed by atoms with Gasteiger partial charge in [-0.3, -0.25) is 14.5 Å². The molecule has 2 aliphatic heterocycles. The smallest absolute Gasteiger partial charge is 0.340 e. The average molecular weight is 417 g/mol. The second-order valence-corrected chi connectivity index (χ2v) is 7.91. The predicted molar refractivity (Wildman–Crippen MR) is 116 cm³/mol. The Labute approximate surface area is 179 Å². The summed E-state index contributed by atoms with van der Waals surface area (Å²) in [6.45, 7) is 2.95.